The molecule has 1 heterocycles. The normalized spacial score (nSPS) is 17.2. The first-order valence-electron chi connectivity index (χ1n) is 10.9. The molecular formula is C28H27BO2. The molecule has 4 aromatic rings. The molecule has 0 saturated carbocycles. The molecule has 0 aromatic heterocycles. The topological polar surface area (TPSA) is 18.5 Å². The van der Waals surface area contributed by atoms with Crippen molar-refractivity contribution in [2.45, 2.75) is 38.9 Å². The predicted octanol–water partition coefficient (Wildman–Crippen LogP) is 6.47. The highest BCUT2D eigenvalue weighted by atomic mass is 16.7. The van der Waals surface area contributed by atoms with Crippen LogP contribution in [0.3, 0.4) is 0 Å². The Morgan fingerprint density at radius 2 is 1.10 bits per heavy atom. The first kappa shape index (κ1) is 20.1. The van der Waals surface area contributed by atoms with Crippen molar-refractivity contribution in [3.63, 3.8) is 0 Å². The van der Waals surface area contributed by atoms with E-state index in [0.717, 1.165) is 5.46 Å². The summed E-state index contributed by atoms with van der Waals surface area (Å²) in [6, 6.07) is 32.3. The van der Waals surface area contributed by atoms with Crippen LogP contribution in [0.4, 0.5) is 0 Å². The van der Waals surface area contributed by atoms with Gasteiger partial charge in [-0.15, -0.1) is 0 Å². The van der Waals surface area contributed by atoms with E-state index in [9.17, 15) is 0 Å². The second-order valence-electron chi connectivity index (χ2n) is 9.32. The standard InChI is InChI=1S/C28H27BO2/c1-27(2)28(3,4)31-29(30-27)24-17-16-21-18-23(15-14-22(21)19-24)26-13-9-8-12-25(26)20-10-6-5-7-11-20/h5-19H,1-4H3. The van der Waals surface area contributed by atoms with Crippen molar-refractivity contribution in [3.05, 3.63) is 91.0 Å². The lowest BCUT2D eigenvalue weighted by Crippen LogP contribution is -2.41. The Bertz CT molecular complexity index is 1230. The number of benzene rings is 4. The lowest BCUT2D eigenvalue weighted by Gasteiger charge is -2.32. The quantitative estimate of drug-likeness (QED) is 0.363. The van der Waals surface area contributed by atoms with E-state index in [-0.39, 0.29) is 18.3 Å². The Morgan fingerprint density at radius 1 is 0.548 bits per heavy atom. The summed E-state index contributed by atoms with van der Waals surface area (Å²) in [7, 11) is -0.340. The third-order valence-corrected chi connectivity index (χ3v) is 6.71. The second-order valence-corrected chi connectivity index (χ2v) is 9.32. The predicted molar refractivity (Wildman–Crippen MR) is 131 cm³/mol. The minimum Gasteiger partial charge on any atom is -0.399 e. The highest BCUT2D eigenvalue weighted by molar-refractivity contribution is 6.62. The molecule has 1 aliphatic rings. The fraction of sp³-hybridized carbons (Fsp3) is 0.214. The van der Waals surface area contributed by atoms with Crippen molar-refractivity contribution in [1.82, 2.24) is 0 Å². The van der Waals surface area contributed by atoms with Gasteiger partial charge in [-0.05, 0) is 72.3 Å². The average molecular weight is 406 g/mol. The molecule has 0 aliphatic carbocycles. The fourth-order valence-corrected chi connectivity index (χ4v) is 4.16. The number of rotatable bonds is 3. The van der Waals surface area contributed by atoms with Crippen LogP contribution in [0.5, 0.6) is 0 Å². The van der Waals surface area contributed by atoms with Crippen molar-refractivity contribution in [1.29, 1.82) is 0 Å². The summed E-state index contributed by atoms with van der Waals surface area (Å²) >= 11 is 0. The van der Waals surface area contributed by atoms with Gasteiger partial charge in [-0.1, -0.05) is 84.9 Å². The SMILES string of the molecule is CC1(C)OB(c2ccc3cc(-c4ccccc4-c4ccccc4)ccc3c2)OC1(C)C. The molecule has 1 saturated heterocycles. The zero-order chi connectivity index (χ0) is 21.6. The molecular weight excluding hydrogens is 379 g/mol. The summed E-state index contributed by atoms with van der Waals surface area (Å²) in [5.74, 6) is 0. The molecule has 5 rings (SSSR count). The third kappa shape index (κ3) is 3.58. The largest absolute Gasteiger partial charge is 0.494 e. The van der Waals surface area contributed by atoms with E-state index in [1.165, 1.54) is 33.0 Å². The van der Waals surface area contributed by atoms with Crippen molar-refractivity contribution in [2.24, 2.45) is 0 Å². The van der Waals surface area contributed by atoms with Gasteiger partial charge in [-0.2, -0.15) is 0 Å². The average Bonchev–Trinajstić information content (AvgIpc) is 3.00. The molecule has 1 fully saturated rings. The molecule has 0 amide bonds. The molecule has 0 atom stereocenters. The van der Waals surface area contributed by atoms with E-state index in [0.29, 0.717) is 0 Å². The summed E-state index contributed by atoms with van der Waals surface area (Å²) in [5.41, 5.74) is 5.32. The summed E-state index contributed by atoms with van der Waals surface area (Å²) in [6.07, 6.45) is 0. The van der Waals surface area contributed by atoms with E-state index in [4.69, 9.17) is 9.31 Å². The monoisotopic (exact) mass is 406 g/mol. The Labute approximate surface area is 185 Å². The lowest BCUT2D eigenvalue weighted by molar-refractivity contribution is 0.00578. The van der Waals surface area contributed by atoms with Gasteiger partial charge in [0.25, 0.3) is 0 Å². The molecule has 31 heavy (non-hydrogen) atoms. The minimum absolute atomic E-state index is 0.336. The van der Waals surface area contributed by atoms with Gasteiger partial charge in [0.15, 0.2) is 0 Å². The Balaban J connectivity index is 1.52. The van der Waals surface area contributed by atoms with Gasteiger partial charge in [0.1, 0.15) is 0 Å². The molecule has 3 heteroatoms. The van der Waals surface area contributed by atoms with Crippen LogP contribution in [-0.4, -0.2) is 18.3 Å². The molecule has 4 aromatic carbocycles. The number of fused-ring (bicyclic) bond motifs is 1. The van der Waals surface area contributed by atoms with Crippen molar-refractivity contribution in [3.8, 4) is 22.3 Å². The smallest absolute Gasteiger partial charge is 0.399 e. The van der Waals surface area contributed by atoms with E-state index in [1.807, 2.05) is 0 Å². The highest BCUT2D eigenvalue weighted by Gasteiger charge is 2.51. The number of hydrogen-bond acceptors (Lipinski definition) is 2. The molecule has 0 bridgehead atoms. The summed E-state index contributed by atoms with van der Waals surface area (Å²) in [4.78, 5) is 0. The molecule has 2 nitrogen and oxygen atoms in total. The van der Waals surface area contributed by atoms with Gasteiger partial charge in [-0.25, -0.2) is 0 Å². The summed E-state index contributed by atoms with van der Waals surface area (Å²) in [6.45, 7) is 8.35. The Morgan fingerprint density at radius 3 is 1.77 bits per heavy atom. The van der Waals surface area contributed by atoms with E-state index >= 15 is 0 Å². The maximum atomic E-state index is 6.23. The van der Waals surface area contributed by atoms with Crippen LogP contribution in [0.2, 0.25) is 0 Å². The molecule has 1 aliphatic heterocycles. The van der Waals surface area contributed by atoms with Crippen molar-refractivity contribution < 1.29 is 9.31 Å². The van der Waals surface area contributed by atoms with Crippen LogP contribution < -0.4 is 5.46 Å². The van der Waals surface area contributed by atoms with Crippen LogP contribution in [0.15, 0.2) is 91.0 Å². The first-order chi connectivity index (χ1) is 14.8. The van der Waals surface area contributed by atoms with Crippen LogP contribution in [0.1, 0.15) is 27.7 Å². The van der Waals surface area contributed by atoms with Crippen LogP contribution in [-0.2, 0) is 9.31 Å². The highest BCUT2D eigenvalue weighted by Crippen LogP contribution is 2.37. The second kappa shape index (κ2) is 7.37. The van der Waals surface area contributed by atoms with Gasteiger partial charge in [0.05, 0.1) is 11.2 Å². The fourth-order valence-electron chi connectivity index (χ4n) is 4.16. The maximum Gasteiger partial charge on any atom is 0.494 e. The Hall–Kier alpha value is -2.88. The molecule has 0 spiro atoms. The van der Waals surface area contributed by atoms with Gasteiger partial charge < -0.3 is 9.31 Å². The zero-order valence-corrected chi connectivity index (χ0v) is 18.6. The molecule has 0 N–H and O–H groups in total. The summed E-state index contributed by atoms with van der Waals surface area (Å²) < 4.78 is 12.5. The van der Waals surface area contributed by atoms with Crippen LogP contribution in [0.25, 0.3) is 33.0 Å². The van der Waals surface area contributed by atoms with Crippen molar-refractivity contribution in [2.75, 3.05) is 0 Å². The van der Waals surface area contributed by atoms with E-state index in [2.05, 4.69) is 119 Å². The number of hydrogen-bond donors (Lipinski definition) is 0. The molecule has 154 valence electrons. The maximum absolute atomic E-state index is 6.23. The van der Waals surface area contributed by atoms with Gasteiger partial charge in [0, 0.05) is 0 Å². The van der Waals surface area contributed by atoms with Crippen LogP contribution in [0, 0.1) is 0 Å². The van der Waals surface area contributed by atoms with Gasteiger partial charge in [0.2, 0.25) is 0 Å². The third-order valence-electron chi connectivity index (χ3n) is 6.71. The van der Waals surface area contributed by atoms with Gasteiger partial charge >= 0.3 is 7.12 Å². The lowest BCUT2D eigenvalue weighted by atomic mass is 9.78. The Kier molecular flexibility index (Phi) is 4.77. The first-order valence-corrected chi connectivity index (χ1v) is 10.9. The minimum atomic E-state index is -0.340. The molecule has 0 radical (unpaired) electrons. The van der Waals surface area contributed by atoms with Crippen molar-refractivity contribution >= 4 is 23.4 Å². The summed E-state index contributed by atoms with van der Waals surface area (Å²) in [5, 5.41) is 2.40. The van der Waals surface area contributed by atoms with Crippen LogP contribution >= 0.6 is 0 Å². The molecule has 0 unspecified atom stereocenters. The van der Waals surface area contributed by atoms with E-state index < -0.39 is 0 Å². The van der Waals surface area contributed by atoms with E-state index in [1.54, 1.807) is 0 Å². The zero-order valence-electron chi connectivity index (χ0n) is 18.6. The van der Waals surface area contributed by atoms with Gasteiger partial charge in [-0.3, -0.25) is 0 Å².